The van der Waals surface area contributed by atoms with E-state index in [4.69, 9.17) is 9.52 Å². The highest BCUT2D eigenvalue weighted by molar-refractivity contribution is 7.92. The van der Waals surface area contributed by atoms with Gasteiger partial charge >= 0.3 is 12.0 Å². The number of hydrogen-bond donors (Lipinski definition) is 2. The second-order valence-corrected chi connectivity index (χ2v) is 5.39. The average molecular weight is 286 g/mol. The maximum atomic E-state index is 12.0. The van der Waals surface area contributed by atoms with Crippen LogP contribution in [0.2, 0.25) is 0 Å². The number of aromatic carboxylic acids is 1. The van der Waals surface area contributed by atoms with E-state index in [1.165, 1.54) is 24.7 Å². The van der Waals surface area contributed by atoms with Gasteiger partial charge in [-0.25, -0.2) is 17.9 Å². The van der Waals surface area contributed by atoms with E-state index in [1.807, 2.05) is 0 Å². The molecule has 2 aromatic heterocycles. The van der Waals surface area contributed by atoms with Crippen LogP contribution in [0.25, 0.3) is 0 Å². The van der Waals surface area contributed by atoms with Crippen molar-refractivity contribution < 1.29 is 22.7 Å². The molecule has 0 unspecified atom stereocenters. The van der Waals surface area contributed by atoms with Crippen molar-refractivity contribution in [3.05, 3.63) is 23.8 Å². The molecule has 2 aromatic rings. The lowest BCUT2D eigenvalue weighted by Crippen LogP contribution is -2.12. The SMILES string of the molecule is Cc1nnc(NS(=O)(=O)c2cc(C(=O)O)n(C)c2)o1. The fraction of sp³-hybridized carbons (Fsp3) is 0.222. The highest BCUT2D eigenvalue weighted by atomic mass is 32.2. The van der Waals surface area contributed by atoms with Crippen molar-refractivity contribution >= 4 is 22.0 Å². The predicted octanol–water partition coefficient (Wildman–Crippen LogP) is 0.216. The van der Waals surface area contributed by atoms with Crippen LogP contribution in [0.5, 0.6) is 0 Å². The van der Waals surface area contributed by atoms with E-state index in [1.54, 1.807) is 0 Å². The zero-order valence-electron chi connectivity index (χ0n) is 9.98. The smallest absolute Gasteiger partial charge is 0.352 e. The maximum Gasteiger partial charge on any atom is 0.352 e. The molecule has 0 atom stereocenters. The maximum absolute atomic E-state index is 12.0. The summed E-state index contributed by atoms with van der Waals surface area (Å²) in [6.07, 6.45) is 1.18. The number of carboxylic acids is 1. The molecule has 0 aliphatic carbocycles. The van der Waals surface area contributed by atoms with Gasteiger partial charge in [-0.15, -0.1) is 5.10 Å². The van der Waals surface area contributed by atoms with Gasteiger partial charge < -0.3 is 14.1 Å². The molecule has 19 heavy (non-hydrogen) atoms. The molecule has 2 rings (SSSR count). The van der Waals surface area contributed by atoms with Crippen LogP contribution in [0.4, 0.5) is 6.01 Å². The zero-order valence-corrected chi connectivity index (χ0v) is 10.8. The first-order valence-electron chi connectivity index (χ1n) is 5.02. The van der Waals surface area contributed by atoms with Crippen LogP contribution in [-0.4, -0.2) is 34.3 Å². The van der Waals surface area contributed by atoms with Crippen LogP contribution < -0.4 is 4.72 Å². The highest BCUT2D eigenvalue weighted by Gasteiger charge is 2.22. The lowest BCUT2D eigenvalue weighted by atomic mass is 10.4. The Morgan fingerprint density at radius 1 is 1.47 bits per heavy atom. The van der Waals surface area contributed by atoms with Gasteiger partial charge in [0.2, 0.25) is 5.89 Å². The van der Waals surface area contributed by atoms with Gasteiger partial charge in [-0.1, -0.05) is 5.10 Å². The molecule has 0 aliphatic heterocycles. The Kier molecular flexibility index (Phi) is 3.02. The summed E-state index contributed by atoms with van der Waals surface area (Å²) in [6.45, 7) is 1.51. The van der Waals surface area contributed by atoms with Crippen LogP contribution in [0.1, 0.15) is 16.4 Å². The molecule has 0 aliphatic rings. The summed E-state index contributed by atoms with van der Waals surface area (Å²) >= 11 is 0. The molecular weight excluding hydrogens is 276 g/mol. The third-order valence-electron chi connectivity index (χ3n) is 2.26. The number of anilines is 1. The van der Waals surface area contributed by atoms with Gasteiger partial charge in [0.25, 0.3) is 10.0 Å². The topological polar surface area (TPSA) is 127 Å². The molecule has 0 saturated heterocycles. The van der Waals surface area contributed by atoms with Crippen molar-refractivity contribution in [2.24, 2.45) is 7.05 Å². The largest absolute Gasteiger partial charge is 0.477 e. The lowest BCUT2D eigenvalue weighted by molar-refractivity contribution is 0.0686. The molecule has 2 heterocycles. The highest BCUT2D eigenvalue weighted by Crippen LogP contribution is 2.17. The summed E-state index contributed by atoms with van der Waals surface area (Å²) in [6, 6.07) is 0.756. The minimum Gasteiger partial charge on any atom is -0.477 e. The zero-order chi connectivity index (χ0) is 14.2. The van der Waals surface area contributed by atoms with E-state index >= 15 is 0 Å². The Morgan fingerprint density at radius 3 is 2.63 bits per heavy atom. The van der Waals surface area contributed by atoms with Gasteiger partial charge in [0.05, 0.1) is 0 Å². The minimum atomic E-state index is -3.97. The van der Waals surface area contributed by atoms with E-state index in [2.05, 4.69) is 14.9 Å². The Morgan fingerprint density at radius 2 is 2.16 bits per heavy atom. The van der Waals surface area contributed by atoms with Crippen molar-refractivity contribution in [3.8, 4) is 0 Å². The monoisotopic (exact) mass is 286 g/mol. The number of aryl methyl sites for hydroxylation is 2. The van der Waals surface area contributed by atoms with Gasteiger partial charge in [-0.3, -0.25) is 0 Å². The molecule has 0 radical (unpaired) electrons. The van der Waals surface area contributed by atoms with Crippen molar-refractivity contribution in [3.63, 3.8) is 0 Å². The fourth-order valence-electron chi connectivity index (χ4n) is 1.41. The van der Waals surface area contributed by atoms with Crippen molar-refractivity contribution in [1.29, 1.82) is 0 Å². The quantitative estimate of drug-likeness (QED) is 0.822. The molecule has 10 heteroatoms. The molecule has 0 amide bonds. The van der Waals surface area contributed by atoms with E-state index in [0.29, 0.717) is 0 Å². The van der Waals surface area contributed by atoms with Gasteiger partial charge in [0, 0.05) is 20.2 Å². The van der Waals surface area contributed by atoms with Crippen molar-refractivity contribution in [2.75, 3.05) is 4.72 Å². The third-order valence-corrected chi connectivity index (χ3v) is 3.54. The Bertz CT molecular complexity index is 730. The van der Waals surface area contributed by atoms with E-state index in [-0.39, 0.29) is 22.5 Å². The average Bonchev–Trinajstić information content (AvgIpc) is 2.84. The molecule has 2 N–H and O–H groups in total. The molecule has 102 valence electrons. The van der Waals surface area contributed by atoms with Crippen LogP contribution in [0.15, 0.2) is 21.6 Å². The van der Waals surface area contributed by atoms with Crippen LogP contribution in [0, 0.1) is 6.92 Å². The minimum absolute atomic E-state index is 0.151. The van der Waals surface area contributed by atoms with Crippen LogP contribution in [-0.2, 0) is 17.1 Å². The van der Waals surface area contributed by atoms with Crippen LogP contribution in [0.3, 0.4) is 0 Å². The normalized spacial score (nSPS) is 11.5. The Balaban J connectivity index is 2.34. The first-order valence-corrected chi connectivity index (χ1v) is 6.50. The fourth-order valence-corrected chi connectivity index (χ4v) is 2.40. The molecular formula is C9H10N4O5S. The molecule has 0 bridgehead atoms. The van der Waals surface area contributed by atoms with Crippen molar-refractivity contribution in [2.45, 2.75) is 11.8 Å². The van der Waals surface area contributed by atoms with E-state index in [0.717, 1.165) is 6.07 Å². The summed E-state index contributed by atoms with van der Waals surface area (Å²) in [5, 5.41) is 15.8. The number of rotatable bonds is 4. The van der Waals surface area contributed by atoms with E-state index in [9.17, 15) is 13.2 Å². The molecule has 0 spiro atoms. The molecule has 0 fully saturated rings. The molecule has 0 saturated carbocycles. The Labute approximate surface area is 107 Å². The first-order chi connectivity index (χ1) is 8.79. The molecule has 0 aromatic carbocycles. The number of hydrogen-bond acceptors (Lipinski definition) is 6. The number of nitrogens with one attached hydrogen (secondary N) is 1. The first kappa shape index (κ1) is 13.1. The standard InChI is InChI=1S/C9H10N4O5S/c1-5-10-11-9(18-5)12-19(16,17)6-3-7(8(14)15)13(2)4-6/h3-4H,1-2H3,(H,11,12)(H,14,15). The van der Waals surface area contributed by atoms with Gasteiger partial charge in [0.15, 0.2) is 0 Å². The second kappa shape index (κ2) is 4.39. The van der Waals surface area contributed by atoms with Crippen molar-refractivity contribution in [1.82, 2.24) is 14.8 Å². The number of aromatic nitrogens is 3. The Hall–Kier alpha value is -2.36. The van der Waals surface area contributed by atoms with Gasteiger partial charge in [0.1, 0.15) is 10.6 Å². The molecule has 9 nitrogen and oxygen atoms in total. The summed E-state index contributed by atoms with van der Waals surface area (Å²) in [5.41, 5.74) is -0.151. The third kappa shape index (κ3) is 2.57. The number of carboxylic acid groups (broad SMARTS) is 1. The van der Waals surface area contributed by atoms with Gasteiger partial charge in [-0.05, 0) is 6.07 Å². The summed E-state index contributed by atoms with van der Waals surface area (Å²) in [4.78, 5) is 10.6. The number of sulfonamides is 1. The van der Waals surface area contributed by atoms with Gasteiger partial charge in [-0.2, -0.15) is 0 Å². The summed E-state index contributed by atoms with van der Waals surface area (Å²) < 4.78 is 32.0. The number of nitrogens with zero attached hydrogens (tertiary/aromatic N) is 3. The predicted molar refractivity (Wildman–Crippen MR) is 62.2 cm³/mol. The number of carbonyl (C=O) groups is 1. The summed E-state index contributed by atoms with van der Waals surface area (Å²) in [7, 11) is -2.54. The lowest BCUT2D eigenvalue weighted by Gasteiger charge is -2.00. The van der Waals surface area contributed by atoms with E-state index < -0.39 is 16.0 Å². The van der Waals surface area contributed by atoms with Crippen LogP contribution >= 0.6 is 0 Å². The summed E-state index contributed by atoms with van der Waals surface area (Å²) in [5.74, 6) is -1.02. The second-order valence-electron chi connectivity index (χ2n) is 3.71.